The number of H-pyrrole nitrogens is 1. The Hall–Kier alpha value is -3.68. The van der Waals surface area contributed by atoms with Crippen LogP contribution in [0.3, 0.4) is 0 Å². The molecule has 30 heavy (non-hydrogen) atoms. The second-order valence-corrected chi connectivity index (χ2v) is 6.67. The summed E-state index contributed by atoms with van der Waals surface area (Å²) < 4.78 is 55.8. The standard InChI is InChI=1S/C22H15F4N3O/c23-16-11-9-15(10-12-16)20-27-18(17-8-4-5-13-29(17)20)21(30)28-19(22(24,25)26)14-6-2-1-3-7-14/h1-13,19H,(H,28,30)/p+1. The van der Waals surface area contributed by atoms with Crippen LogP contribution < -0.4 is 9.72 Å². The van der Waals surface area contributed by atoms with Gasteiger partial charge >= 0.3 is 6.18 Å². The van der Waals surface area contributed by atoms with Gasteiger partial charge in [0.2, 0.25) is 5.69 Å². The number of pyridine rings is 1. The van der Waals surface area contributed by atoms with Gasteiger partial charge in [-0.25, -0.2) is 9.37 Å². The number of carbonyl (C=O) groups excluding carboxylic acids is 1. The lowest BCUT2D eigenvalue weighted by atomic mass is 10.1. The minimum Gasteiger partial charge on any atom is -0.333 e. The minimum atomic E-state index is -4.67. The zero-order valence-electron chi connectivity index (χ0n) is 15.5. The van der Waals surface area contributed by atoms with Gasteiger partial charge < -0.3 is 5.32 Å². The van der Waals surface area contributed by atoms with E-state index in [4.69, 9.17) is 0 Å². The number of carbonyl (C=O) groups is 1. The van der Waals surface area contributed by atoms with Crippen molar-refractivity contribution in [2.24, 2.45) is 0 Å². The van der Waals surface area contributed by atoms with Crippen LogP contribution in [0.2, 0.25) is 0 Å². The average molecular weight is 414 g/mol. The van der Waals surface area contributed by atoms with Gasteiger partial charge in [0.1, 0.15) is 5.82 Å². The van der Waals surface area contributed by atoms with Crippen LogP contribution in [0.25, 0.3) is 16.9 Å². The highest BCUT2D eigenvalue weighted by Crippen LogP contribution is 2.33. The Bertz CT molecular complexity index is 1180. The van der Waals surface area contributed by atoms with Crippen molar-refractivity contribution in [2.75, 3.05) is 0 Å². The van der Waals surface area contributed by atoms with Gasteiger partial charge in [-0.05, 0) is 42.0 Å². The van der Waals surface area contributed by atoms with Crippen molar-refractivity contribution in [3.63, 3.8) is 0 Å². The summed E-state index contributed by atoms with van der Waals surface area (Å²) in [6.45, 7) is 0. The number of aromatic amines is 1. The number of imidazole rings is 1. The number of nitrogens with zero attached hydrogens (tertiary/aromatic N) is 1. The Morgan fingerprint density at radius 1 is 0.933 bits per heavy atom. The molecular formula is C22H16F4N3O+. The fraction of sp³-hybridized carbons (Fsp3) is 0.0909. The van der Waals surface area contributed by atoms with Gasteiger partial charge in [0, 0.05) is 0 Å². The van der Waals surface area contributed by atoms with Crippen molar-refractivity contribution in [3.8, 4) is 11.4 Å². The molecule has 2 heterocycles. The number of hydrogen-bond donors (Lipinski definition) is 2. The normalized spacial score (nSPS) is 12.7. The van der Waals surface area contributed by atoms with Gasteiger partial charge in [-0.2, -0.15) is 17.6 Å². The molecule has 1 amide bonds. The molecule has 0 aliphatic carbocycles. The number of rotatable bonds is 4. The third kappa shape index (κ3) is 3.76. The highest BCUT2D eigenvalue weighted by atomic mass is 19.4. The molecule has 0 saturated heterocycles. The van der Waals surface area contributed by atoms with E-state index in [1.807, 2.05) is 0 Å². The molecule has 0 spiro atoms. The second kappa shape index (κ2) is 7.62. The van der Waals surface area contributed by atoms with E-state index in [1.165, 1.54) is 48.5 Å². The highest BCUT2D eigenvalue weighted by Gasteiger charge is 2.43. The predicted octanol–water partition coefficient (Wildman–Crippen LogP) is 4.59. The third-order valence-corrected chi connectivity index (χ3v) is 4.68. The number of alkyl halides is 3. The summed E-state index contributed by atoms with van der Waals surface area (Å²) >= 11 is 0. The molecule has 0 saturated carbocycles. The second-order valence-electron chi connectivity index (χ2n) is 6.67. The van der Waals surface area contributed by atoms with E-state index in [1.54, 1.807) is 34.9 Å². The van der Waals surface area contributed by atoms with Gasteiger partial charge in [-0.3, -0.25) is 4.79 Å². The van der Waals surface area contributed by atoms with Crippen LogP contribution in [-0.2, 0) is 0 Å². The van der Waals surface area contributed by atoms with Crippen LogP contribution >= 0.6 is 0 Å². The minimum absolute atomic E-state index is 0.0277. The topological polar surface area (TPSA) is 49.0 Å². The molecule has 4 nitrogen and oxygen atoms in total. The molecule has 0 bridgehead atoms. The molecule has 0 fully saturated rings. The molecule has 0 radical (unpaired) electrons. The number of hydrogen-bond acceptors (Lipinski definition) is 1. The summed E-state index contributed by atoms with van der Waals surface area (Å²) in [4.78, 5) is 15.8. The van der Waals surface area contributed by atoms with E-state index in [0.29, 0.717) is 16.9 Å². The first kappa shape index (κ1) is 19.6. The quantitative estimate of drug-likeness (QED) is 0.372. The Labute approximate surface area is 168 Å². The molecule has 1 atom stereocenters. The van der Waals surface area contributed by atoms with Gasteiger partial charge in [0.15, 0.2) is 11.6 Å². The Balaban J connectivity index is 1.75. The van der Waals surface area contributed by atoms with Crippen LogP contribution in [0.5, 0.6) is 0 Å². The fourth-order valence-corrected chi connectivity index (χ4v) is 3.28. The van der Waals surface area contributed by atoms with Crippen LogP contribution in [0.4, 0.5) is 17.6 Å². The molecule has 0 aliphatic rings. The van der Waals surface area contributed by atoms with Gasteiger partial charge in [0.25, 0.3) is 11.7 Å². The molecule has 4 rings (SSSR count). The average Bonchev–Trinajstić information content (AvgIpc) is 3.12. The van der Waals surface area contributed by atoms with Gasteiger partial charge in [-0.1, -0.05) is 36.4 Å². The predicted molar refractivity (Wildman–Crippen MR) is 102 cm³/mol. The fourth-order valence-electron chi connectivity index (χ4n) is 3.28. The van der Waals surface area contributed by atoms with Crippen molar-refractivity contribution in [1.29, 1.82) is 0 Å². The SMILES string of the molecule is O=C(NC(c1ccccc1)C(F)(F)F)c1[nH]c(-c2ccc(F)cc2)[n+]2ccccc12. The zero-order chi connectivity index (χ0) is 21.3. The molecule has 2 aromatic heterocycles. The van der Waals surface area contributed by atoms with Crippen LogP contribution in [0.15, 0.2) is 79.0 Å². The van der Waals surface area contributed by atoms with Crippen molar-refractivity contribution in [2.45, 2.75) is 12.2 Å². The smallest absolute Gasteiger partial charge is 0.333 e. The van der Waals surface area contributed by atoms with Crippen LogP contribution in [0.1, 0.15) is 22.1 Å². The van der Waals surface area contributed by atoms with Crippen molar-refractivity contribution < 1.29 is 26.8 Å². The summed E-state index contributed by atoms with van der Waals surface area (Å²) in [5.41, 5.74) is 0.871. The summed E-state index contributed by atoms with van der Waals surface area (Å²) in [5.74, 6) is -0.884. The van der Waals surface area contributed by atoms with E-state index >= 15 is 0 Å². The monoisotopic (exact) mass is 414 g/mol. The van der Waals surface area contributed by atoms with Crippen molar-refractivity contribution in [1.82, 2.24) is 10.3 Å². The summed E-state index contributed by atoms with van der Waals surface area (Å²) in [6, 6.07) is 15.6. The maximum absolute atomic E-state index is 13.6. The molecule has 152 valence electrons. The lowest BCUT2D eigenvalue weighted by Crippen LogP contribution is -2.38. The van der Waals surface area contributed by atoms with Crippen molar-refractivity contribution >= 4 is 11.4 Å². The van der Waals surface area contributed by atoms with E-state index < -0.39 is 23.9 Å². The summed E-state index contributed by atoms with van der Waals surface area (Å²) in [7, 11) is 0. The maximum Gasteiger partial charge on any atom is 0.412 e. The largest absolute Gasteiger partial charge is 0.412 e. The number of benzene rings is 2. The zero-order valence-corrected chi connectivity index (χ0v) is 15.5. The first-order valence-corrected chi connectivity index (χ1v) is 9.05. The Kier molecular flexibility index (Phi) is 4.99. The first-order valence-electron chi connectivity index (χ1n) is 9.05. The van der Waals surface area contributed by atoms with E-state index in [0.717, 1.165) is 0 Å². The molecule has 2 aromatic carbocycles. The molecule has 2 N–H and O–H groups in total. The number of aromatic nitrogens is 2. The van der Waals surface area contributed by atoms with Crippen LogP contribution in [-0.4, -0.2) is 17.1 Å². The highest BCUT2D eigenvalue weighted by molar-refractivity contribution is 5.98. The summed E-state index contributed by atoms with van der Waals surface area (Å²) in [5, 5.41) is 2.09. The van der Waals surface area contributed by atoms with Crippen LogP contribution in [0, 0.1) is 5.82 Å². The van der Waals surface area contributed by atoms with E-state index in [2.05, 4.69) is 10.3 Å². The van der Waals surface area contributed by atoms with Gasteiger partial charge in [0.05, 0.1) is 11.8 Å². The van der Waals surface area contributed by atoms with Gasteiger partial charge in [-0.15, -0.1) is 0 Å². The van der Waals surface area contributed by atoms with Crippen molar-refractivity contribution in [3.05, 3.63) is 96.1 Å². The third-order valence-electron chi connectivity index (χ3n) is 4.68. The molecule has 4 aromatic rings. The number of amides is 1. The maximum atomic E-state index is 13.6. The number of nitrogens with one attached hydrogen (secondary N) is 2. The lowest BCUT2D eigenvalue weighted by molar-refractivity contribution is -0.498. The van der Waals surface area contributed by atoms with E-state index in [-0.39, 0.29) is 11.3 Å². The molecule has 1 unspecified atom stereocenters. The Morgan fingerprint density at radius 3 is 2.27 bits per heavy atom. The summed E-state index contributed by atoms with van der Waals surface area (Å²) in [6.07, 6.45) is -3.01. The molecule has 8 heteroatoms. The lowest BCUT2D eigenvalue weighted by Gasteiger charge is -2.21. The Morgan fingerprint density at radius 2 is 1.60 bits per heavy atom. The number of fused-ring (bicyclic) bond motifs is 1. The first-order chi connectivity index (χ1) is 14.3. The molecular weight excluding hydrogens is 398 g/mol. The molecule has 0 aliphatic heterocycles. The van der Waals surface area contributed by atoms with E-state index in [9.17, 15) is 22.4 Å². The number of halogens is 4.